The number of aryl methyl sites for hydroxylation is 4. The van der Waals surface area contributed by atoms with Gasteiger partial charge in [-0.1, -0.05) is 106 Å². The molecule has 212 valence electrons. The lowest BCUT2D eigenvalue weighted by Gasteiger charge is -2.35. The van der Waals surface area contributed by atoms with E-state index in [1.165, 1.54) is 83.5 Å². The van der Waals surface area contributed by atoms with Crippen molar-refractivity contribution in [2.24, 2.45) is 5.92 Å². The minimum atomic E-state index is 0.286. The molecule has 0 radical (unpaired) electrons. The van der Waals surface area contributed by atoms with Gasteiger partial charge in [-0.15, -0.1) is 0 Å². The molecule has 0 nitrogen and oxygen atoms in total. The highest BCUT2D eigenvalue weighted by molar-refractivity contribution is 5.75. The summed E-state index contributed by atoms with van der Waals surface area (Å²) in [7, 11) is 0. The Bertz CT molecular complexity index is 1550. The van der Waals surface area contributed by atoms with Crippen LogP contribution in [0.3, 0.4) is 0 Å². The average Bonchev–Trinajstić information content (AvgIpc) is 3.54. The Morgan fingerprint density at radius 1 is 0.878 bits per heavy atom. The molecule has 0 bridgehead atoms. The summed E-state index contributed by atoms with van der Waals surface area (Å²) in [6, 6.07) is 12.0. The highest BCUT2D eigenvalue weighted by atomic mass is 14.4. The largest absolute Gasteiger partial charge is 0.0955 e. The fourth-order valence-corrected chi connectivity index (χ4v) is 7.43. The summed E-state index contributed by atoms with van der Waals surface area (Å²) < 4.78 is 0. The summed E-state index contributed by atoms with van der Waals surface area (Å²) >= 11 is 0. The molecule has 2 atom stereocenters. The molecule has 5 rings (SSSR count). The number of hydrogen-bond donors (Lipinski definition) is 0. The number of fused-ring (bicyclic) bond motifs is 1. The van der Waals surface area contributed by atoms with Crippen LogP contribution in [0, 0.1) is 26.7 Å². The van der Waals surface area contributed by atoms with Gasteiger partial charge < -0.3 is 0 Å². The molecule has 3 aliphatic carbocycles. The number of benzene rings is 2. The van der Waals surface area contributed by atoms with E-state index in [0.717, 1.165) is 38.5 Å². The molecule has 0 aliphatic heterocycles. The van der Waals surface area contributed by atoms with Crippen LogP contribution in [0.15, 0.2) is 107 Å². The van der Waals surface area contributed by atoms with Gasteiger partial charge in [0.05, 0.1) is 0 Å². The lowest BCUT2D eigenvalue weighted by Crippen LogP contribution is -2.21. The first-order valence-electron chi connectivity index (χ1n) is 15.7. The van der Waals surface area contributed by atoms with Crippen LogP contribution >= 0.6 is 0 Å². The fraction of sp³-hybridized carbons (Fsp3) is 0.366. The minimum absolute atomic E-state index is 0.286. The average molecular weight is 541 g/mol. The maximum absolute atomic E-state index is 4.78. The second-order valence-electron chi connectivity index (χ2n) is 12.6. The van der Waals surface area contributed by atoms with Crippen LogP contribution in [0.4, 0.5) is 0 Å². The molecule has 0 aromatic heterocycles. The lowest BCUT2D eigenvalue weighted by molar-refractivity contribution is 0.618. The Morgan fingerprint density at radius 3 is 2.24 bits per heavy atom. The van der Waals surface area contributed by atoms with E-state index in [0.29, 0.717) is 5.92 Å². The van der Waals surface area contributed by atoms with Crippen LogP contribution in [0.5, 0.6) is 0 Å². The van der Waals surface area contributed by atoms with Gasteiger partial charge in [0, 0.05) is 11.8 Å². The summed E-state index contributed by atoms with van der Waals surface area (Å²) in [5, 5.41) is 0. The zero-order chi connectivity index (χ0) is 29.4. The first-order chi connectivity index (χ1) is 19.7. The van der Waals surface area contributed by atoms with Crippen molar-refractivity contribution in [1.29, 1.82) is 0 Å². The van der Waals surface area contributed by atoms with E-state index in [4.69, 9.17) is 6.58 Å². The van der Waals surface area contributed by atoms with Crippen LogP contribution in [-0.4, -0.2) is 0 Å². The van der Waals surface area contributed by atoms with E-state index in [9.17, 15) is 0 Å². The van der Waals surface area contributed by atoms with Crippen LogP contribution in [0.2, 0.25) is 0 Å². The molecule has 3 aliphatic rings. The van der Waals surface area contributed by atoms with Crippen LogP contribution in [-0.2, 0) is 12.8 Å². The van der Waals surface area contributed by atoms with Gasteiger partial charge in [0.1, 0.15) is 0 Å². The van der Waals surface area contributed by atoms with Crippen molar-refractivity contribution in [3.8, 4) is 0 Å². The summed E-state index contributed by atoms with van der Waals surface area (Å²) in [5.41, 5.74) is 21.0. The minimum Gasteiger partial charge on any atom is -0.0955 e. The maximum Gasteiger partial charge on any atom is 0.0201 e. The first-order valence-corrected chi connectivity index (χ1v) is 15.7. The summed E-state index contributed by atoms with van der Waals surface area (Å²) in [4.78, 5) is 0. The molecule has 0 heteroatoms. The molecule has 0 spiro atoms. The van der Waals surface area contributed by atoms with Gasteiger partial charge in [-0.2, -0.15) is 0 Å². The van der Waals surface area contributed by atoms with Gasteiger partial charge in [-0.3, -0.25) is 0 Å². The third-order valence-corrected chi connectivity index (χ3v) is 9.89. The molecule has 1 fully saturated rings. The molecule has 2 aromatic carbocycles. The summed E-state index contributed by atoms with van der Waals surface area (Å²) in [6.45, 7) is 25.2. The molecule has 0 heterocycles. The van der Waals surface area contributed by atoms with Gasteiger partial charge in [-0.05, 0) is 132 Å². The number of hydrogen-bond acceptors (Lipinski definition) is 0. The molecule has 41 heavy (non-hydrogen) atoms. The van der Waals surface area contributed by atoms with E-state index in [-0.39, 0.29) is 5.92 Å². The Hall–Kier alpha value is -3.38. The molecule has 0 N–H and O–H groups in total. The number of allylic oxidation sites excluding steroid dienone is 12. The number of rotatable bonds is 8. The molecule has 2 aromatic rings. The fourth-order valence-electron chi connectivity index (χ4n) is 7.43. The van der Waals surface area contributed by atoms with Crippen molar-refractivity contribution in [2.45, 2.75) is 92.9 Å². The van der Waals surface area contributed by atoms with E-state index >= 15 is 0 Å². The summed E-state index contributed by atoms with van der Waals surface area (Å²) in [6.07, 6.45) is 15.9. The van der Waals surface area contributed by atoms with E-state index in [1.807, 2.05) is 0 Å². The Kier molecular flexibility index (Phi) is 8.42. The quantitative estimate of drug-likeness (QED) is 0.312. The third-order valence-electron chi connectivity index (χ3n) is 9.89. The van der Waals surface area contributed by atoms with E-state index in [2.05, 4.69) is 110 Å². The Labute approximate surface area is 249 Å². The van der Waals surface area contributed by atoms with Crippen molar-refractivity contribution < 1.29 is 0 Å². The van der Waals surface area contributed by atoms with Crippen molar-refractivity contribution >= 4 is 5.57 Å². The van der Waals surface area contributed by atoms with E-state index < -0.39 is 0 Å². The molecular formula is C41H48. The monoisotopic (exact) mass is 540 g/mol. The van der Waals surface area contributed by atoms with Crippen molar-refractivity contribution in [3.05, 3.63) is 146 Å². The van der Waals surface area contributed by atoms with Crippen molar-refractivity contribution in [1.82, 2.24) is 0 Å². The van der Waals surface area contributed by atoms with E-state index in [1.54, 1.807) is 0 Å². The molecule has 0 amide bonds. The Balaban J connectivity index is 1.48. The predicted molar refractivity (Wildman–Crippen MR) is 179 cm³/mol. The maximum atomic E-state index is 4.78. The van der Waals surface area contributed by atoms with Crippen molar-refractivity contribution in [2.75, 3.05) is 0 Å². The van der Waals surface area contributed by atoms with Crippen molar-refractivity contribution in [3.63, 3.8) is 0 Å². The molecule has 1 saturated carbocycles. The molecule has 0 saturated heterocycles. The van der Waals surface area contributed by atoms with Gasteiger partial charge in [-0.25, -0.2) is 0 Å². The normalized spacial score (nSPS) is 21.3. The molecule has 2 unspecified atom stereocenters. The molecular weight excluding hydrogens is 492 g/mol. The van der Waals surface area contributed by atoms with Crippen LogP contribution < -0.4 is 0 Å². The van der Waals surface area contributed by atoms with Gasteiger partial charge in [0.2, 0.25) is 0 Å². The smallest absolute Gasteiger partial charge is 0.0201 e. The highest BCUT2D eigenvalue weighted by Crippen LogP contribution is 2.55. The standard InChI is InChI=1S/C41H48/c1-10-13-25(4)39-28(7)20-38-24-36(22-31-14-15-34(21-31)37-18-26(5)29(8)27(6)19-37)30(9)40(38)41(39)35-17-16-32(11-2)33(12-3)23-35/h14-20,22-23,40-41H,4,9-13,21,24H2,1-3,5-8H3. The first kappa shape index (κ1) is 29.1. The van der Waals surface area contributed by atoms with Crippen LogP contribution in [0.1, 0.15) is 98.2 Å². The lowest BCUT2D eigenvalue weighted by atomic mass is 9.68. The van der Waals surface area contributed by atoms with Gasteiger partial charge in [0.25, 0.3) is 0 Å². The SMILES string of the molecule is C=C(CCC)C1=C(C)C=C2CC(=CC3=CC=C(c4cc(C)c(C)c(C)c4)C3)C(=C)C2C1c1ccc(CC)c(CC)c1. The second kappa shape index (κ2) is 11.8. The van der Waals surface area contributed by atoms with Crippen LogP contribution in [0.25, 0.3) is 5.57 Å². The van der Waals surface area contributed by atoms with Gasteiger partial charge >= 0.3 is 0 Å². The zero-order valence-corrected chi connectivity index (χ0v) is 26.5. The topological polar surface area (TPSA) is 0 Å². The Morgan fingerprint density at radius 2 is 1.59 bits per heavy atom. The zero-order valence-electron chi connectivity index (χ0n) is 26.5. The third kappa shape index (κ3) is 5.46. The highest BCUT2D eigenvalue weighted by Gasteiger charge is 2.41. The summed E-state index contributed by atoms with van der Waals surface area (Å²) in [5.74, 6) is 0.593. The van der Waals surface area contributed by atoms with Gasteiger partial charge in [0.15, 0.2) is 0 Å². The second-order valence-corrected chi connectivity index (χ2v) is 12.6. The predicted octanol–water partition coefficient (Wildman–Crippen LogP) is 11.3.